The Balaban J connectivity index is 0.000000147. The van der Waals surface area contributed by atoms with Crippen LogP contribution in [0.1, 0.15) is 0 Å². The number of nitrogens with zero attached hydrogens (tertiary/aromatic N) is 2. The van der Waals surface area contributed by atoms with Crippen LogP contribution >= 0.6 is 11.6 Å². The number of rotatable bonds is 2. The quantitative estimate of drug-likeness (QED) is 0.145. The van der Waals surface area contributed by atoms with Gasteiger partial charge >= 0.3 is 0 Å². The molecule has 0 atom stereocenters. The van der Waals surface area contributed by atoms with Crippen molar-refractivity contribution in [2.24, 2.45) is 0 Å². The summed E-state index contributed by atoms with van der Waals surface area (Å²) in [6, 6.07) is 18.6. The van der Waals surface area contributed by atoms with Crippen LogP contribution in [0.2, 0.25) is 5.02 Å². The largest absolute Gasteiger partial charge is 0.358 e. The Bertz CT molecular complexity index is 2320. The molecule has 0 aliphatic carbocycles. The lowest BCUT2D eigenvalue weighted by molar-refractivity contribution is 0.453. The van der Waals surface area contributed by atoms with Crippen LogP contribution < -0.4 is 0 Å². The zero-order chi connectivity index (χ0) is 32.3. The minimum absolute atomic E-state index is 0.0973. The van der Waals surface area contributed by atoms with Crippen molar-refractivity contribution < 1.29 is 30.7 Å². The van der Waals surface area contributed by atoms with E-state index < -0.39 is 40.7 Å². The molecule has 0 unspecified atom stereocenters. The molecule has 0 radical (unpaired) electrons. The number of H-pyrrole nitrogens is 2. The van der Waals surface area contributed by atoms with Crippen LogP contribution in [-0.2, 0) is 0 Å². The molecular formula is C34H16ClF7N4. The second-order valence-electron chi connectivity index (χ2n) is 10.2. The summed E-state index contributed by atoms with van der Waals surface area (Å²) >= 11 is 6.14. The number of nitrogens with one attached hydrogen (secondary N) is 2. The first-order valence-electron chi connectivity index (χ1n) is 13.5. The number of halogens is 8. The predicted octanol–water partition coefficient (Wildman–Crippen LogP) is 10.4. The lowest BCUT2D eigenvalue weighted by atomic mass is 10.1. The molecule has 0 aliphatic rings. The standard InChI is InChI=1S/C17H8ClF3N2.C17H8F4N2/c2*18-11-3-1-2-8-4-5-13(23-16(8)11)10-7-22-17-9(10)6-12(19)14(20)15(17)21/h2*1-7,22H. The molecule has 0 spiro atoms. The van der Waals surface area contributed by atoms with Crippen LogP contribution in [-0.4, -0.2) is 19.9 Å². The molecule has 0 fully saturated rings. The first-order valence-corrected chi connectivity index (χ1v) is 13.9. The fraction of sp³-hybridized carbons (Fsp3) is 0. The maximum Gasteiger partial charge on any atom is 0.196 e. The van der Waals surface area contributed by atoms with Crippen molar-refractivity contribution in [3.05, 3.63) is 131 Å². The zero-order valence-electron chi connectivity index (χ0n) is 23.0. The molecule has 0 amide bonds. The van der Waals surface area contributed by atoms with Gasteiger partial charge in [0.25, 0.3) is 0 Å². The molecule has 4 aromatic heterocycles. The van der Waals surface area contributed by atoms with E-state index in [1.54, 1.807) is 36.4 Å². The van der Waals surface area contributed by atoms with Crippen LogP contribution in [0.25, 0.3) is 66.1 Å². The molecule has 0 bridgehead atoms. The highest BCUT2D eigenvalue weighted by atomic mass is 35.5. The topological polar surface area (TPSA) is 57.4 Å². The van der Waals surface area contributed by atoms with E-state index in [0.29, 0.717) is 38.4 Å². The summed E-state index contributed by atoms with van der Waals surface area (Å²) in [7, 11) is 0. The maximum absolute atomic E-state index is 13.9. The van der Waals surface area contributed by atoms with Gasteiger partial charge in [-0.3, -0.25) is 0 Å². The Hall–Kier alpha value is -5.42. The van der Waals surface area contributed by atoms with E-state index in [0.717, 1.165) is 17.5 Å². The molecule has 4 heterocycles. The predicted molar refractivity (Wildman–Crippen MR) is 163 cm³/mol. The van der Waals surface area contributed by atoms with Gasteiger partial charge in [-0.05, 0) is 36.4 Å². The third-order valence-electron chi connectivity index (χ3n) is 7.52. The summed E-state index contributed by atoms with van der Waals surface area (Å²) in [6.07, 6.45) is 2.86. The van der Waals surface area contributed by atoms with E-state index >= 15 is 0 Å². The van der Waals surface area contributed by atoms with Crippen LogP contribution in [0.15, 0.2) is 85.2 Å². The average molecular weight is 649 g/mol. The van der Waals surface area contributed by atoms with Gasteiger partial charge in [0.1, 0.15) is 11.3 Å². The number of fused-ring (bicyclic) bond motifs is 4. The van der Waals surface area contributed by atoms with Gasteiger partial charge in [-0.15, -0.1) is 0 Å². The van der Waals surface area contributed by atoms with Crippen molar-refractivity contribution in [3.8, 4) is 22.5 Å². The SMILES string of the molecule is Fc1cc2c(-c3ccc4cccc(Cl)c4n3)c[nH]c2c(F)c1F.Fc1cc2c(-c3ccc4cccc(F)c4n3)c[nH]c2c(F)c1F. The normalized spacial score (nSPS) is 11.5. The Kier molecular flexibility index (Phi) is 7.12. The molecule has 4 nitrogen and oxygen atoms in total. The number of pyridine rings is 2. The van der Waals surface area contributed by atoms with Gasteiger partial charge in [-0.25, -0.2) is 40.7 Å². The van der Waals surface area contributed by atoms with Gasteiger partial charge in [0.15, 0.2) is 34.9 Å². The van der Waals surface area contributed by atoms with Gasteiger partial charge in [0.2, 0.25) is 0 Å². The summed E-state index contributed by atoms with van der Waals surface area (Å²) in [5.41, 5.74) is 2.14. The molecule has 228 valence electrons. The molecule has 12 heteroatoms. The number of aromatic amines is 2. The van der Waals surface area contributed by atoms with Gasteiger partial charge < -0.3 is 9.97 Å². The number of para-hydroxylation sites is 2. The summed E-state index contributed by atoms with van der Waals surface area (Å²) in [5.74, 6) is -8.60. The monoisotopic (exact) mass is 648 g/mol. The Morgan fingerprint density at radius 3 is 1.52 bits per heavy atom. The minimum atomic E-state index is -1.54. The molecular weight excluding hydrogens is 633 g/mol. The molecule has 0 saturated carbocycles. The molecule has 0 aliphatic heterocycles. The Morgan fingerprint density at radius 2 is 0.978 bits per heavy atom. The Labute approximate surface area is 259 Å². The zero-order valence-corrected chi connectivity index (χ0v) is 23.8. The molecule has 8 aromatic rings. The van der Waals surface area contributed by atoms with E-state index in [2.05, 4.69) is 19.9 Å². The van der Waals surface area contributed by atoms with Crippen LogP contribution in [0, 0.1) is 40.7 Å². The highest BCUT2D eigenvalue weighted by molar-refractivity contribution is 6.35. The highest BCUT2D eigenvalue weighted by Gasteiger charge is 2.20. The van der Waals surface area contributed by atoms with Crippen molar-refractivity contribution in [1.82, 2.24) is 19.9 Å². The Morgan fingerprint density at radius 1 is 0.500 bits per heavy atom. The van der Waals surface area contributed by atoms with Crippen molar-refractivity contribution >= 4 is 55.2 Å². The highest BCUT2D eigenvalue weighted by Crippen LogP contribution is 2.34. The van der Waals surface area contributed by atoms with Gasteiger partial charge in [-0.1, -0.05) is 48.0 Å². The first kappa shape index (κ1) is 29.3. The second-order valence-corrected chi connectivity index (χ2v) is 10.6. The summed E-state index contributed by atoms with van der Waals surface area (Å²) in [6.45, 7) is 0. The fourth-order valence-corrected chi connectivity index (χ4v) is 5.51. The van der Waals surface area contributed by atoms with Gasteiger partial charge in [0, 0.05) is 45.1 Å². The lowest BCUT2D eigenvalue weighted by Crippen LogP contribution is -1.92. The molecule has 0 saturated heterocycles. The number of benzene rings is 4. The van der Waals surface area contributed by atoms with Gasteiger partial charge in [-0.2, -0.15) is 0 Å². The second kappa shape index (κ2) is 11.2. The molecule has 2 N–H and O–H groups in total. The number of hydrogen-bond donors (Lipinski definition) is 2. The summed E-state index contributed by atoms with van der Waals surface area (Å²) in [4.78, 5) is 13.9. The van der Waals surface area contributed by atoms with E-state index in [4.69, 9.17) is 11.6 Å². The number of aromatic nitrogens is 4. The lowest BCUT2D eigenvalue weighted by Gasteiger charge is -2.04. The van der Waals surface area contributed by atoms with Gasteiger partial charge in [0.05, 0.1) is 33.0 Å². The number of hydrogen-bond acceptors (Lipinski definition) is 2. The fourth-order valence-electron chi connectivity index (χ4n) is 5.29. The third-order valence-corrected chi connectivity index (χ3v) is 7.83. The first-order chi connectivity index (χ1) is 22.1. The van der Waals surface area contributed by atoms with Crippen molar-refractivity contribution in [1.29, 1.82) is 0 Å². The smallest absolute Gasteiger partial charge is 0.196 e. The molecule has 46 heavy (non-hydrogen) atoms. The van der Waals surface area contributed by atoms with Crippen molar-refractivity contribution in [2.75, 3.05) is 0 Å². The van der Waals surface area contributed by atoms with Crippen LogP contribution in [0.4, 0.5) is 30.7 Å². The van der Waals surface area contributed by atoms with Crippen molar-refractivity contribution in [3.63, 3.8) is 0 Å². The van der Waals surface area contributed by atoms with E-state index in [1.807, 2.05) is 18.2 Å². The third kappa shape index (κ3) is 4.80. The molecule has 4 aromatic carbocycles. The van der Waals surface area contributed by atoms with Crippen LogP contribution in [0.3, 0.4) is 0 Å². The van der Waals surface area contributed by atoms with E-state index in [-0.39, 0.29) is 27.3 Å². The maximum atomic E-state index is 13.9. The molecule has 8 rings (SSSR count). The van der Waals surface area contributed by atoms with Crippen molar-refractivity contribution in [2.45, 2.75) is 0 Å². The summed E-state index contributed by atoms with van der Waals surface area (Å²) < 4.78 is 95.1. The summed E-state index contributed by atoms with van der Waals surface area (Å²) in [5, 5.41) is 2.30. The minimum Gasteiger partial charge on any atom is -0.358 e. The van der Waals surface area contributed by atoms with E-state index in [9.17, 15) is 30.7 Å². The van der Waals surface area contributed by atoms with Crippen LogP contribution in [0.5, 0.6) is 0 Å². The van der Waals surface area contributed by atoms with E-state index in [1.165, 1.54) is 18.5 Å². The average Bonchev–Trinajstić information content (AvgIpc) is 3.68.